The molecule has 2 aromatic rings. The van der Waals surface area contributed by atoms with Gasteiger partial charge in [0.25, 0.3) is 0 Å². The van der Waals surface area contributed by atoms with Gasteiger partial charge in [-0.1, -0.05) is 18.2 Å². The highest BCUT2D eigenvalue weighted by Crippen LogP contribution is 2.15. The number of pyridine rings is 1. The molecule has 0 aliphatic heterocycles. The van der Waals surface area contributed by atoms with Crippen molar-refractivity contribution in [2.75, 3.05) is 0 Å². The van der Waals surface area contributed by atoms with E-state index in [1.54, 1.807) is 22.8 Å². The van der Waals surface area contributed by atoms with E-state index in [1.165, 1.54) is 6.07 Å². The van der Waals surface area contributed by atoms with Gasteiger partial charge in [0.15, 0.2) is 12.4 Å². The van der Waals surface area contributed by atoms with E-state index in [0.717, 1.165) is 0 Å². The van der Waals surface area contributed by atoms with Crippen molar-refractivity contribution in [3.8, 4) is 5.75 Å². The standard InChI is InChI=1S/C13H11NO2.HI/c15-12-7-3-2-6-11(12)13(16)10-14-8-4-1-5-9-14;/h1-9H,10H2;1H. The average molecular weight is 341 g/mol. The molecule has 0 radical (unpaired) electrons. The Hall–Kier alpha value is -1.43. The third-order valence-electron chi connectivity index (χ3n) is 2.31. The second-order valence-electron chi connectivity index (χ2n) is 3.49. The van der Waals surface area contributed by atoms with Crippen molar-refractivity contribution in [1.82, 2.24) is 0 Å². The summed E-state index contributed by atoms with van der Waals surface area (Å²) < 4.78 is 1.77. The van der Waals surface area contributed by atoms with Gasteiger partial charge in [-0.25, -0.2) is 0 Å². The van der Waals surface area contributed by atoms with E-state index < -0.39 is 0 Å². The maximum Gasteiger partial charge on any atom is 0.231 e. The fourth-order valence-electron chi connectivity index (χ4n) is 1.50. The monoisotopic (exact) mass is 341 g/mol. The van der Waals surface area contributed by atoms with Crippen molar-refractivity contribution in [2.24, 2.45) is 0 Å². The van der Waals surface area contributed by atoms with Crippen LogP contribution in [0.4, 0.5) is 0 Å². The van der Waals surface area contributed by atoms with Crippen LogP contribution in [-0.4, -0.2) is 10.9 Å². The maximum atomic E-state index is 11.9. The summed E-state index contributed by atoms with van der Waals surface area (Å²) in [5.74, 6) is -0.0710. The lowest BCUT2D eigenvalue weighted by molar-refractivity contribution is -0.683. The molecule has 0 spiro atoms. The number of para-hydroxylation sites is 1. The lowest BCUT2D eigenvalue weighted by Gasteiger charge is -2.00. The molecule has 0 aliphatic rings. The van der Waals surface area contributed by atoms with Crippen LogP contribution in [0.3, 0.4) is 0 Å². The number of carbonyl (C=O) groups is 1. The van der Waals surface area contributed by atoms with Crippen molar-refractivity contribution in [3.05, 3.63) is 60.4 Å². The van der Waals surface area contributed by atoms with Crippen LogP contribution in [0, 0.1) is 0 Å². The minimum Gasteiger partial charge on any atom is -1.00 e. The highest BCUT2D eigenvalue weighted by Gasteiger charge is 2.14. The first-order valence-electron chi connectivity index (χ1n) is 5.02. The molecular formula is C13H12INO2. The van der Waals surface area contributed by atoms with Gasteiger partial charge in [0.1, 0.15) is 5.75 Å². The quantitative estimate of drug-likeness (QED) is 0.423. The third kappa shape index (κ3) is 3.52. The lowest BCUT2D eigenvalue weighted by Crippen LogP contribution is -3.00. The number of benzene rings is 1. The Bertz CT molecular complexity index is 500. The van der Waals surface area contributed by atoms with Crippen LogP contribution in [-0.2, 0) is 6.54 Å². The van der Waals surface area contributed by atoms with Crippen molar-refractivity contribution in [3.63, 3.8) is 0 Å². The third-order valence-corrected chi connectivity index (χ3v) is 2.31. The van der Waals surface area contributed by atoms with Crippen molar-refractivity contribution >= 4 is 5.78 Å². The molecule has 0 fully saturated rings. The van der Waals surface area contributed by atoms with Gasteiger partial charge in [-0.3, -0.25) is 4.79 Å². The van der Waals surface area contributed by atoms with Crippen LogP contribution in [0.5, 0.6) is 5.75 Å². The van der Waals surface area contributed by atoms with E-state index in [2.05, 4.69) is 0 Å². The minimum absolute atomic E-state index is 0. The number of carbonyl (C=O) groups excluding carboxylic acids is 1. The van der Waals surface area contributed by atoms with Gasteiger partial charge in [0.2, 0.25) is 12.3 Å². The predicted molar refractivity (Wildman–Crippen MR) is 59.1 cm³/mol. The molecule has 4 heteroatoms. The summed E-state index contributed by atoms with van der Waals surface area (Å²) in [7, 11) is 0. The first kappa shape index (κ1) is 13.6. The Labute approximate surface area is 117 Å². The van der Waals surface area contributed by atoms with E-state index in [0.29, 0.717) is 5.56 Å². The largest absolute Gasteiger partial charge is 1.00 e. The summed E-state index contributed by atoms with van der Waals surface area (Å²) in [4.78, 5) is 11.9. The lowest BCUT2D eigenvalue weighted by atomic mass is 10.1. The highest BCUT2D eigenvalue weighted by molar-refractivity contribution is 5.97. The van der Waals surface area contributed by atoms with E-state index in [-0.39, 0.29) is 42.1 Å². The zero-order valence-electron chi connectivity index (χ0n) is 9.08. The van der Waals surface area contributed by atoms with Gasteiger partial charge in [-0.05, 0) is 12.1 Å². The van der Waals surface area contributed by atoms with Gasteiger partial charge < -0.3 is 29.1 Å². The molecule has 2 rings (SSSR count). The molecule has 1 aromatic heterocycles. The molecule has 0 unspecified atom stereocenters. The number of rotatable bonds is 3. The molecular weight excluding hydrogens is 329 g/mol. The summed E-state index contributed by atoms with van der Waals surface area (Å²) >= 11 is 0. The second kappa shape index (κ2) is 6.34. The highest BCUT2D eigenvalue weighted by atomic mass is 127. The second-order valence-corrected chi connectivity index (χ2v) is 3.49. The number of halogens is 1. The SMILES string of the molecule is O=C(C[n+]1ccccc1)c1ccccc1O.[I-]. The Balaban J connectivity index is 0.00000144. The van der Waals surface area contributed by atoms with Crippen LogP contribution in [0.25, 0.3) is 0 Å². The number of hydrogen-bond acceptors (Lipinski definition) is 2. The summed E-state index contributed by atoms with van der Waals surface area (Å²) in [6.45, 7) is 0.235. The predicted octanol–water partition coefficient (Wildman–Crippen LogP) is -1.43. The molecule has 0 saturated heterocycles. The summed E-state index contributed by atoms with van der Waals surface area (Å²) in [6.07, 6.45) is 3.63. The Morgan fingerprint density at radius 2 is 1.71 bits per heavy atom. The van der Waals surface area contributed by atoms with Gasteiger partial charge in [-0.2, -0.15) is 4.57 Å². The summed E-state index contributed by atoms with van der Waals surface area (Å²) in [6, 6.07) is 12.2. The number of ketones is 1. The van der Waals surface area contributed by atoms with Crippen LogP contribution < -0.4 is 28.5 Å². The fraction of sp³-hybridized carbons (Fsp3) is 0.0769. The van der Waals surface area contributed by atoms with Gasteiger partial charge in [-0.15, -0.1) is 0 Å². The molecule has 3 nitrogen and oxygen atoms in total. The number of aromatic nitrogens is 1. The Kier molecular flexibility index (Phi) is 5.09. The normalized spacial score (nSPS) is 9.41. The molecule has 0 aliphatic carbocycles. The van der Waals surface area contributed by atoms with Gasteiger partial charge >= 0.3 is 0 Å². The van der Waals surface area contributed by atoms with Gasteiger partial charge in [0.05, 0.1) is 5.56 Å². The molecule has 1 heterocycles. The molecule has 88 valence electrons. The molecule has 0 atom stereocenters. The summed E-state index contributed by atoms with van der Waals surface area (Å²) in [5, 5.41) is 9.53. The van der Waals surface area contributed by atoms with Crippen LogP contribution in [0.2, 0.25) is 0 Å². The fourth-order valence-corrected chi connectivity index (χ4v) is 1.50. The number of phenols is 1. The zero-order chi connectivity index (χ0) is 11.4. The molecule has 0 bridgehead atoms. The number of nitrogens with zero attached hydrogens (tertiary/aromatic N) is 1. The first-order chi connectivity index (χ1) is 7.77. The Morgan fingerprint density at radius 1 is 1.06 bits per heavy atom. The maximum absolute atomic E-state index is 11.9. The van der Waals surface area contributed by atoms with E-state index in [9.17, 15) is 9.90 Å². The number of aromatic hydroxyl groups is 1. The average Bonchev–Trinajstić information content (AvgIpc) is 2.31. The number of phenolic OH excluding ortho intramolecular Hbond substituents is 1. The zero-order valence-corrected chi connectivity index (χ0v) is 11.2. The van der Waals surface area contributed by atoms with Gasteiger partial charge in [0, 0.05) is 12.1 Å². The molecule has 1 aromatic carbocycles. The van der Waals surface area contributed by atoms with E-state index >= 15 is 0 Å². The van der Waals surface area contributed by atoms with Crippen molar-refractivity contribution in [1.29, 1.82) is 0 Å². The van der Waals surface area contributed by atoms with Crippen LogP contribution in [0.15, 0.2) is 54.9 Å². The molecule has 0 saturated carbocycles. The molecule has 0 amide bonds. The number of hydrogen-bond donors (Lipinski definition) is 1. The topological polar surface area (TPSA) is 41.2 Å². The van der Waals surface area contributed by atoms with Crippen molar-refractivity contribution in [2.45, 2.75) is 6.54 Å². The number of Topliss-reactive ketones (excluding diaryl/α,β-unsaturated/α-hetero) is 1. The first-order valence-corrected chi connectivity index (χ1v) is 5.02. The molecule has 1 N–H and O–H groups in total. The minimum atomic E-state index is -0.102. The van der Waals surface area contributed by atoms with Crippen LogP contribution >= 0.6 is 0 Å². The van der Waals surface area contributed by atoms with Crippen LogP contribution in [0.1, 0.15) is 10.4 Å². The van der Waals surface area contributed by atoms with E-state index in [4.69, 9.17) is 0 Å². The smallest absolute Gasteiger partial charge is 0.231 e. The van der Waals surface area contributed by atoms with E-state index in [1.807, 2.05) is 30.6 Å². The summed E-state index contributed by atoms with van der Waals surface area (Å²) in [5.41, 5.74) is 0.360. The molecule has 17 heavy (non-hydrogen) atoms. The van der Waals surface area contributed by atoms with Crippen molar-refractivity contribution < 1.29 is 38.4 Å². The Morgan fingerprint density at radius 3 is 2.35 bits per heavy atom.